The van der Waals surface area contributed by atoms with Crippen molar-refractivity contribution in [1.82, 2.24) is 0 Å². The van der Waals surface area contributed by atoms with Gasteiger partial charge in [-0.1, -0.05) is 146 Å². The molecule has 0 bridgehead atoms. The summed E-state index contributed by atoms with van der Waals surface area (Å²) in [5, 5.41) is 10.2. The first-order chi connectivity index (χ1) is 29.8. The lowest BCUT2D eigenvalue weighted by atomic mass is 9.90. The Bertz CT molecular complexity index is 1380. The summed E-state index contributed by atoms with van der Waals surface area (Å²) in [7, 11) is 1.36. The number of unbranched alkanes of at least 4 members (excludes halogenated alkanes) is 15. The van der Waals surface area contributed by atoms with Crippen LogP contribution in [0.1, 0.15) is 168 Å². The van der Waals surface area contributed by atoms with Crippen molar-refractivity contribution in [2.24, 2.45) is 11.8 Å². The molecule has 0 aromatic heterocycles. The van der Waals surface area contributed by atoms with Gasteiger partial charge in [0, 0.05) is 18.8 Å². The Hall–Kier alpha value is -2.66. The van der Waals surface area contributed by atoms with E-state index in [-0.39, 0.29) is 43.7 Å². The largest absolute Gasteiger partial charge is 0.472 e. The number of hydrogen-bond acceptors (Lipinski definition) is 9. The molecular formula is C50H87NO10P+. The second kappa shape index (κ2) is 36.7. The van der Waals surface area contributed by atoms with Crippen LogP contribution in [0.2, 0.25) is 0 Å². The van der Waals surface area contributed by atoms with Crippen molar-refractivity contribution in [2.45, 2.75) is 180 Å². The van der Waals surface area contributed by atoms with E-state index in [1.807, 2.05) is 45.4 Å². The summed E-state index contributed by atoms with van der Waals surface area (Å²) < 4.78 is 34.3. The fourth-order valence-corrected chi connectivity index (χ4v) is 7.60. The molecule has 12 heteroatoms. The molecule has 62 heavy (non-hydrogen) atoms. The second-order valence-electron chi connectivity index (χ2n) is 17.8. The van der Waals surface area contributed by atoms with Crippen molar-refractivity contribution >= 4 is 25.5 Å². The van der Waals surface area contributed by atoms with E-state index < -0.39 is 38.6 Å². The van der Waals surface area contributed by atoms with E-state index in [0.717, 1.165) is 51.4 Å². The van der Waals surface area contributed by atoms with Gasteiger partial charge in [0.15, 0.2) is 11.9 Å². The number of aliphatic hydroxyl groups excluding tert-OH is 1. The molecule has 11 nitrogen and oxygen atoms in total. The maximum atomic E-state index is 12.8. The molecule has 1 rings (SSSR count). The highest BCUT2D eigenvalue weighted by molar-refractivity contribution is 7.47. The van der Waals surface area contributed by atoms with Gasteiger partial charge in [0.25, 0.3) is 0 Å². The molecule has 0 amide bonds. The average molecular weight is 893 g/mol. The van der Waals surface area contributed by atoms with E-state index in [4.69, 9.17) is 18.5 Å². The molecule has 1 unspecified atom stereocenters. The van der Waals surface area contributed by atoms with Crippen molar-refractivity contribution in [3.8, 4) is 0 Å². The molecule has 0 fully saturated rings. The van der Waals surface area contributed by atoms with E-state index in [9.17, 15) is 28.9 Å². The Morgan fingerprint density at radius 1 is 0.742 bits per heavy atom. The molecule has 0 heterocycles. The smallest absolute Gasteiger partial charge is 0.462 e. The number of ether oxygens (including phenoxy) is 2. The average Bonchev–Trinajstić information content (AvgIpc) is 3.57. The zero-order valence-corrected chi connectivity index (χ0v) is 40.3. The normalized spacial score (nSPS) is 17.8. The van der Waals surface area contributed by atoms with Gasteiger partial charge < -0.3 is 24.0 Å². The zero-order valence-electron chi connectivity index (χ0n) is 39.4. The van der Waals surface area contributed by atoms with Gasteiger partial charge in [0.2, 0.25) is 0 Å². The standard InChI is InChI=1S/C50H86NO10P/c1-6-8-10-11-12-13-14-15-16-17-18-19-20-21-22-23-24-25-31-35-50(55)61-46(43-60-62(56,57)59-41-40-51(3,4)5)42-58-49(54)34-30-27-26-29-32-44-36-39-48(53)47(44)38-37-45(52)33-28-9-7-2/h12-13,15-16,26,29,36-39,44-47,52H,6-11,14,17-25,27-28,30-35,40-43H2,1-5H3/p+1/b13-12-,16-15-,29-26-,38-37+/t44-,45-,46+,47+/m0/s1. The second-order valence-corrected chi connectivity index (χ2v) is 19.3. The first-order valence-corrected chi connectivity index (χ1v) is 25.6. The Kier molecular flexibility index (Phi) is 33.9. The molecule has 1 aliphatic rings. The molecule has 2 N–H and O–H groups in total. The van der Waals surface area contributed by atoms with Crippen molar-refractivity contribution in [3.05, 3.63) is 60.8 Å². The minimum absolute atomic E-state index is 0.00320. The monoisotopic (exact) mass is 893 g/mol. The fraction of sp³-hybridized carbons (Fsp3) is 0.740. The van der Waals surface area contributed by atoms with Gasteiger partial charge in [-0.3, -0.25) is 23.4 Å². The predicted molar refractivity (Wildman–Crippen MR) is 251 cm³/mol. The van der Waals surface area contributed by atoms with E-state index in [1.165, 1.54) is 57.8 Å². The van der Waals surface area contributed by atoms with Crippen LogP contribution >= 0.6 is 7.82 Å². The van der Waals surface area contributed by atoms with Gasteiger partial charge in [0.05, 0.1) is 33.9 Å². The molecular weight excluding hydrogens is 806 g/mol. The minimum Gasteiger partial charge on any atom is -0.462 e. The SMILES string of the molecule is CCCCC/C=C\C/C=C\CCCCCCCCCCCC(=O)O[C@H](COC(=O)CCC/C=C\C[C@H]1C=CC(=O)[C@@H]1/C=C/[C@@H](O)CCCCC)COP(=O)(O)OCC[N+](C)(C)C. The lowest BCUT2D eigenvalue weighted by Crippen LogP contribution is -2.37. The predicted octanol–water partition coefficient (Wildman–Crippen LogP) is 11.6. The van der Waals surface area contributed by atoms with Gasteiger partial charge >= 0.3 is 19.8 Å². The number of rotatable bonds is 40. The lowest BCUT2D eigenvalue weighted by Gasteiger charge is -2.24. The number of phosphoric acid groups is 1. The number of phosphoric ester groups is 1. The maximum Gasteiger partial charge on any atom is 0.472 e. The van der Waals surface area contributed by atoms with E-state index >= 15 is 0 Å². The number of aliphatic hydroxyl groups is 1. The fourth-order valence-electron chi connectivity index (χ4n) is 6.86. The molecule has 0 spiro atoms. The first kappa shape index (κ1) is 57.4. The van der Waals surface area contributed by atoms with Crippen molar-refractivity contribution in [3.63, 3.8) is 0 Å². The molecule has 0 aliphatic heterocycles. The number of esters is 2. The Labute approximate surface area is 376 Å². The third-order valence-electron chi connectivity index (χ3n) is 10.8. The minimum atomic E-state index is -4.43. The summed E-state index contributed by atoms with van der Waals surface area (Å²) in [6.45, 7) is 4.06. The maximum absolute atomic E-state index is 12.8. The van der Waals surface area contributed by atoms with E-state index in [1.54, 1.807) is 12.2 Å². The topological polar surface area (TPSA) is 146 Å². The highest BCUT2D eigenvalue weighted by atomic mass is 31.2. The van der Waals surface area contributed by atoms with Crippen LogP contribution in [-0.4, -0.2) is 91.9 Å². The van der Waals surface area contributed by atoms with Crippen LogP contribution < -0.4 is 0 Å². The number of carbonyl (C=O) groups excluding carboxylic acids is 3. The van der Waals surface area contributed by atoms with E-state index in [0.29, 0.717) is 43.1 Å². The number of ketones is 1. The van der Waals surface area contributed by atoms with Gasteiger partial charge in [-0.05, 0) is 76.2 Å². The van der Waals surface area contributed by atoms with Gasteiger partial charge in [-0.2, -0.15) is 0 Å². The van der Waals surface area contributed by atoms with Crippen LogP contribution in [0.5, 0.6) is 0 Å². The number of carbonyl (C=O) groups is 3. The van der Waals surface area contributed by atoms with Gasteiger partial charge in [-0.25, -0.2) is 4.57 Å². The number of quaternary nitrogens is 1. The number of likely N-dealkylation sites (N-methyl/N-ethyl adjacent to an activating group) is 1. The van der Waals surface area contributed by atoms with Crippen LogP contribution in [0.25, 0.3) is 0 Å². The third kappa shape index (κ3) is 33.8. The molecule has 0 saturated heterocycles. The summed E-state index contributed by atoms with van der Waals surface area (Å²) in [5.41, 5.74) is 0. The van der Waals surface area contributed by atoms with Crippen LogP contribution in [-0.2, 0) is 37.5 Å². The van der Waals surface area contributed by atoms with Crippen molar-refractivity contribution in [1.29, 1.82) is 0 Å². The molecule has 0 aromatic carbocycles. The Balaban J connectivity index is 2.41. The Morgan fingerprint density at radius 3 is 1.98 bits per heavy atom. The Morgan fingerprint density at radius 2 is 1.32 bits per heavy atom. The first-order valence-electron chi connectivity index (χ1n) is 24.1. The van der Waals surface area contributed by atoms with Gasteiger partial charge in [-0.15, -0.1) is 0 Å². The van der Waals surface area contributed by atoms with Crippen LogP contribution in [0.15, 0.2) is 60.8 Å². The van der Waals surface area contributed by atoms with Crippen LogP contribution in [0.3, 0.4) is 0 Å². The summed E-state index contributed by atoms with van der Waals surface area (Å²) in [4.78, 5) is 48.0. The summed E-state index contributed by atoms with van der Waals surface area (Å²) >= 11 is 0. The number of nitrogens with zero attached hydrogens (tertiary/aromatic N) is 1. The van der Waals surface area contributed by atoms with Crippen molar-refractivity contribution in [2.75, 3.05) is 47.5 Å². The quantitative estimate of drug-likeness (QED) is 0.0200. The third-order valence-corrected chi connectivity index (χ3v) is 11.8. The highest BCUT2D eigenvalue weighted by Crippen LogP contribution is 2.43. The molecule has 0 saturated carbocycles. The van der Waals surface area contributed by atoms with E-state index in [2.05, 4.69) is 38.2 Å². The highest BCUT2D eigenvalue weighted by Gasteiger charge is 2.28. The number of allylic oxidation sites excluding steroid dienone is 9. The molecule has 356 valence electrons. The number of hydrogen-bond donors (Lipinski definition) is 2. The zero-order chi connectivity index (χ0) is 45.7. The summed E-state index contributed by atoms with van der Waals surface area (Å²) in [6, 6.07) is 0. The van der Waals surface area contributed by atoms with Crippen LogP contribution in [0, 0.1) is 11.8 Å². The molecule has 0 radical (unpaired) electrons. The van der Waals surface area contributed by atoms with Crippen molar-refractivity contribution < 1.29 is 52.0 Å². The van der Waals surface area contributed by atoms with Gasteiger partial charge in [0.1, 0.15) is 19.8 Å². The molecule has 1 aliphatic carbocycles. The summed E-state index contributed by atoms with van der Waals surface area (Å²) in [6.07, 6.45) is 41.8. The van der Waals surface area contributed by atoms with Crippen LogP contribution in [0.4, 0.5) is 0 Å². The molecule has 0 aromatic rings. The molecule has 5 atom stereocenters. The lowest BCUT2D eigenvalue weighted by molar-refractivity contribution is -0.870. The summed E-state index contributed by atoms with van der Waals surface area (Å²) in [5.74, 6) is -1.16.